The minimum atomic E-state index is -0.396. The first kappa shape index (κ1) is 18.1. The Morgan fingerprint density at radius 1 is 0.963 bits per heavy atom. The van der Waals surface area contributed by atoms with Crippen molar-refractivity contribution in [1.29, 1.82) is 0 Å². The van der Waals surface area contributed by atoms with Gasteiger partial charge in [0.2, 0.25) is 11.8 Å². The summed E-state index contributed by atoms with van der Waals surface area (Å²) in [6.45, 7) is 0. The number of para-hydroxylation sites is 1. The van der Waals surface area contributed by atoms with Crippen LogP contribution in [0.15, 0.2) is 48.5 Å². The highest BCUT2D eigenvalue weighted by atomic mass is 16.2. The first-order valence-electron chi connectivity index (χ1n) is 8.34. The van der Waals surface area contributed by atoms with Gasteiger partial charge in [0, 0.05) is 25.5 Å². The van der Waals surface area contributed by atoms with E-state index < -0.39 is 5.91 Å². The summed E-state index contributed by atoms with van der Waals surface area (Å²) in [6.07, 6.45) is 0.310. The number of hydrogen-bond donors (Lipinski definition) is 3. The van der Waals surface area contributed by atoms with Gasteiger partial charge in [-0.2, -0.15) is 0 Å². The first-order chi connectivity index (χ1) is 13.0. The molecule has 3 N–H and O–H groups in total. The summed E-state index contributed by atoms with van der Waals surface area (Å²) in [5, 5.41) is 6.41. The Labute approximate surface area is 155 Å². The molecule has 4 amide bonds. The van der Waals surface area contributed by atoms with Gasteiger partial charge in [0.1, 0.15) is 0 Å². The highest BCUT2D eigenvalue weighted by Gasteiger charge is 2.24. The van der Waals surface area contributed by atoms with Gasteiger partial charge in [-0.1, -0.05) is 12.1 Å². The smallest absolute Gasteiger partial charge is 0.255 e. The van der Waals surface area contributed by atoms with E-state index in [9.17, 15) is 19.2 Å². The second kappa shape index (κ2) is 7.69. The second-order valence-corrected chi connectivity index (χ2v) is 5.89. The van der Waals surface area contributed by atoms with Crippen LogP contribution in [0.4, 0.5) is 11.4 Å². The SMILES string of the molecule is CNC(=O)c1ccccc1NC(=O)c1ccc(N2NC(=O)CCC2=O)cc1. The number of hydrazine groups is 1. The van der Waals surface area contributed by atoms with Crippen molar-refractivity contribution in [2.24, 2.45) is 0 Å². The third-order valence-corrected chi connectivity index (χ3v) is 4.09. The Kier molecular flexibility index (Phi) is 5.16. The lowest BCUT2D eigenvalue weighted by molar-refractivity contribution is -0.130. The van der Waals surface area contributed by atoms with E-state index in [1.54, 1.807) is 48.5 Å². The molecule has 1 fully saturated rings. The molecule has 0 unspecified atom stereocenters. The lowest BCUT2D eigenvalue weighted by atomic mass is 10.1. The average Bonchev–Trinajstić information content (AvgIpc) is 2.69. The fourth-order valence-corrected chi connectivity index (χ4v) is 2.66. The van der Waals surface area contributed by atoms with Crippen LogP contribution >= 0.6 is 0 Å². The first-order valence-corrected chi connectivity index (χ1v) is 8.34. The molecule has 1 aliphatic heterocycles. The summed E-state index contributed by atoms with van der Waals surface area (Å²) >= 11 is 0. The highest BCUT2D eigenvalue weighted by molar-refractivity contribution is 6.09. The van der Waals surface area contributed by atoms with Gasteiger partial charge >= 0.3 is 0 Å². The minimum Gasteiger partial charge on any atom is -0.355 e. The van der Waals surface area contributed by atoms with Gasteiger partial charge in [0.05, 0.1) is 16.9 Å². The molecule has 27 heavy (non-hydrogen) atoms. The van der Waals surface area contributed by atoms with Gasteiger partial charge in [-0.3, -0.25) is 24.6 Å². The number of nitrogens with one attached hydrogen (secondary N) is 3. The molecule has 1 aliphatic rings. The number of rotatable bonds is 4. The maximum Gasteiger partial charge on any atom is 0.255 e. The summed E-state index contributed by atoms with van der Waals surface area (Å²) in [7, 11) is 1.51. The Bertz CT molecular complexity index is 908. The lowest BCUT2D eigenvalue weighted by Crippen LogP contribution is -2.50. The van der Waals surface area contributed by atoms with Crippen molar-refractivity contribution >= 4 is 35.0 Å². The summed E-state index contributed by atoms with van der Waals surface area (Å²) in [5.74, 6) is -1.15. The van der Waals surface area contributed by atoms with E-state index in [-0.39, 0.29) is 30.6 Å². The third kappa shape index (κ3) is 3.95. The van der Waals surface area contributed by atoms with E-state index in [0.717, 1.165) is 0 Å². The van der Waals surface area contributed by atoms with E-state index >= 15 is 0 Å². The molecule has 8 heteroatoms. The van der Waals surface area contributed by atoms with E-state index in [0.29, 0.717) is 22.5 Å². The third-order valence-electron chi connectivity index (χ3n) is 4.09. The molecule has 0 aliphatic carbocycles. The number of amides is 4. The van der Waals surface area contributed by atoms with Gasteiger partial charge in [-0.05, 0) is 36.4 Å². The molecule has 0 bridgehead atoms. The predicted octanol–water partition coefficient (Wildman–Crippen LogP) is 1.46. The van der Waals surface area contributed by atoms with Crippen LogP contribution in [0.1, 0.15) is 33.6 Å². The van der Waals surface area contributed by atoms with Crippen LogP contribution in [0.5, 0.6) is 0 Å². The molecule has 3 rings (SSSR count). The Morgan fingerprint density at radius 3 is 2.37 bits per heavy atom. The zero-order valence-electron chi connectivity index (χ0n) is 14.6. The van der Waals surface area contributed by atoms with Crippen molar-refractivity contribution < 1.29 is 19.2 Å². The van der Waals surface area contributed by atoms with Crippen molar-refractivity contribution in [2.75, 3.05) is 17.4 Å². The fraction of sp³-hybridized carbons (Fsp3) is 0.158. The molecule has 1 heterocycles. The molecule has 2 aromatic carbocycles. The van der Waals surface area contributed by atoms with E-state index in [4.69, 9.17) is 0 Å². The van der Waals surface area contributed by atoms with Crippen LogP contribution in [0, 0.1) is 0 Å². The Balaban J connectivity index is 1.76. The summed E-state index contributed by atoms with van der Waals surface area (Å²) in [4.78, 5) is 47.8. The molecular weight excluding hydrogens is 348 g/mol. The predicted molar refractivity (Wildman–Crippen MR) is 99.1 cm³/mol. The summed E-state index contributed by atoms with van der Waals surface area (Å²) < 4.78 is 0. The molecule has 0 atom stereocenters. The molecule has 138 valence electrons. The van der Waals surface area contributed by atoms with Gasteiger partial charge in [-0.25, -0.2) is 5.01 Å². The van der Waals surface area contributed by atoms with Crippen molar-refractivity contribution in [3.63, 3.8) is 0 Å². The topological polar surface area (TPSA) is 108 Å². The fourth-order valence-electron chi connectivity index (χ4n) is 2.66. The molecular formula is C19H18N4O4. The van der Waals surface area contributed by atoms with Crippen LogP contribution in [0.25, 0.3) is 0 Å². The lowest BCUT2D eigenvalue weighted by Gasteiger charge is -2.27. The normalized spacial score (nSPS) is 13.7. The van der Waals surface area contributed by atoms with Crippen molar-refractivity contribution in [3.05, 3.63) is 59.7 Å². The van der Waals surface area contributed by atoms with E-state index in [1.165, 1.54) is 12.1 Å². The van der Waals surface area contributed by atoms with Gasteiger partial charge in [0.25, 0.3) is 11.8 Å². The quantitative estimate of drug-likeness (QED) is 0.761. The number of benzene rings is 2. The maximum atomic E-state index is 12.5. The minimum absolute atomic E-state index is 0.143. The number of anilines is 2. The van der Waals surface area contributed by atoms with Gasteiger partial charge in [0.15, 0.2) is 0 Å². The Hall–Kier alpha value is -3.68. The zero-order valence-corrected chi connectivity index (χ0v) is 14.6. The average molecular weight is 366 g/mol. The molecule has 8 nitrogen and oxygen atoms in total. The molecule has 0 spiro atoms. The number of carbonyl (C=O) groups is 4. The van der Waals surface area contributed by atoms with Crippen LogP contribution in [0.3, 0.4) is 0 Å². The monoisotopic (exact) mass is 366 g/mol. The summed E-state index contributed by atoms with van der Waals surface area (Å²) in [5.41, 5.74) is 4.06. The second-order valence-electron chi connectivity index (χ2n) is 5.89. The standard InChI is InChI=1S/C19H18N4O4/c1-20-19(27)14-4-2-3-5-15(14)21-18(26)12-6-8-13(9-7-12)23-17(25)11-10-16(24)22-23/h2-9H,10-11H2,1H3,(H,20,27)(H,21,26)(H,22,24). The van der Waals surface area contributed by atoms with E-state index in [1.807, 2.05) is 0 Å². The number of nitrogens with zero attached hydrogens (tertiary/aromatic N) is 1. The van der Waals surface area contributed by atoms with Crippen LogP contribution in [-0.2, 0) is 9.59 Å². The van der Waals surface area contributed by atoms with Gasteiger partial charge < -0.3 is 10.6 Å². The molecule has 0 aromatic heterocycles. The number of carbonyl (C=O) groups excluding carboxylic acids is 4. The Morgan fingerprint density at radius 2 is 1.67 bits per heavy atom. The largest absolute Gasteiger partial charge is 0.355 e. The number of hydrogen-bond acceptors (Lipinski definition) is 4. The molecule has 0 radical (unpaired) electrons. The van der Waals surface area contributed by atoms with Crippen LogP contribution < -0.4 is 21.1 Å². The van der Waals surface area contributed by atoms with Gasteiger partial charge in [-0.15, -0.1) is 0 Å². The molecule has 1 saturated heterocycles. The van der Waals surface area contributed by atoms with Crippen molar-refractivity contribution in [2.45, 2.75) is 12.8 Å². The van der Waals surface area contributed by atoms with Crippen molar-refractivity contribution in [1.82, 2.24) is 10.7 Å². The zero-order chi connectivity index (χ0) is 19.4. The maximum absolute atomic E-state index is 12.5. The highest BCUT2D eigenvalue weighted by Crippen LogP contribution is 2.20. The van der Waals surface area contributed by atoms with Crippen LogP contribution in [-0.4, -0.2) is 30.7 Å². The van der Waals surface area contributed by atoms with E-state index in [2.05, 4.69) is 16.1 Å². The molecule has 2 aromatic rings. The summed E-state index contributed by atoms with van der Waals surface area (Å²) in [6, 6.07) is 12.9. The molecule has 0 saturated carbocycles. The van der Waals surface area contributed by atoms with Crippen LogP contribution in [0.2, 0.25) is 0 Å². The van der Waals surface area contributed by atoms with Crippen molar-refractivity contribution in [3.8, 4) is 0 Å².